The highest BCUT2D eigenvalue weighted by Crippen LogP contribution is 2.40. The molecule has 1 atom stereocenters. The van der Waals surface area contributed by atoms with Crippen LogP contribution in [0.25, 0.3) is 0 Å². The first-order valence-corrected chi connectivity index (χ1v) is 9.08. The summed E-state index contributed by atoms with van der Waals surface area (Å²) in [6.07, 6.45) is 1.46. The Labute approximate surface area is 168 Å². The second kappa shape index (κ2) is 7.67. The maximum Gasteiger partial charge on any atom is 0.255 e. The van der Waals surface area contributed by atoms with E-state index in [1.54, 1.807) is 25.0 Å². The van der Waals surface area contributed by atoms with Crippen LogP contribution in [0, 0.1) is 0 Å². The molecule has 3 aromatic rings. The summed E-state index contributed by atoms with van der Waals surface area (Å²) in [6, 6.07) is 14.3. The zero-order valence-corrected chi connectivity index (χ0v) is 16.3. The third-order valence-corrected chi connectivity index (χ3v) is 4.81. The largest absolute Gasteiger partial charge is 0.497 e. The fraction of sp³-hybridized carbons (Fsp3) is 0.190. The molecule has 4 rings (SSSR count). The van der Waals surface area contributed by atoms with E-state index < -0.39 is 6.04 Å². The van der Waals surface area contributed by atoms with Crippen LogP contribution in [-0.2, 0) is 4.79 Å². The number of hydrogen-bond donors (Lipinski definition) is 2. The highest BCUT2D eigenvalue weighted by atomic mass is 16.5. The van der Waals surface area contributed by atoms with E-state index in [1.807, 2.05) is 49.4 Å². The van der Waals surface area contributed by atoms with Crippen LogP contribution in [0.2, 0.25) is 0 Å². The predicted octanol–water partition coefficient (Wildman–Crippen LogP) is 3.22. The monoisotopic (exact) mass is 391 g/mol. The number of hydrogen-bond acceptors (Lipinski definition) is 6. The van der Waals surface area contributed by atoms with E-state index in [2.05, 4.69) is 20.7 Å². The lowest BCUT2D eigenvalue weighted by Gasteiger charge is -2.29. The lowest BCUT2D eigenvalue weighted by Crippen LogP contribution is -2.31. The lowest BCUT2D eigenvalue weighted by atomic mass is 9.94. The fourth-order valence-electron chi connectivity index (χ4n) is 3.44. The number of allylic oxidation sites excluding steroid dienone is 1. The van der Waals surface area contributed by atoms with Gasteiger partial charge >= 0.3 is 0 Å². The molecule has 0 aliphatic carbocycles. The zero-order valence-electron chi connectivity index (χ0n) is 16.3. The molecule has 8 heteroatoms. The highest BCUT2D eigenvalue weighted by Gasteiger charge is 2.35. The number of carbonyl (C=O) groups excluding carboxylic acids is 1. The number of methoxy groups -OCH3 is 2. The van der Waals surface area contributed by atoms with Crippen LogP contribution < -0.4 is 20.1 Å². The molecule has 2 aromatic carbocycles. The first-order chi connectivity index (χ1) is 14.1. The van der Waals surface area contributed by atoms with E-state index in [4.69, 9.17) is 9.47 Å². The number of benzene rings is 2. The van der Waals surface area contributed by atoms with E-state index in [1.165, 1.54) is 6.33 Å². The standard InChI is InChI=1S/C21H21N5O3/c1-13-18(20(27)25-14-7-5-4-6-8-14)19(26-21(24-13)22-12-23-26)16-10-9-15(28-2)11-17(16)29-3/h4-12,19H,1-3H3,(H,25,27)(H,22,23,24). The number of nitrogens with one attached hydrogen (secondary N) is 2. The molecule has 2 heterocycles. The first kappa shape index (κ1) is 18.5. The highest BCUT2D eigenvalue weighted by molar-refractivity contribution is 6.06. The molecule has 0 saturated carbocycles. The molecule has 1 aliphatic heterocycles. The maximum absolute atomic E-state index is 13.3. The molecule has 29 heavy (non-hydrogen) atoms. The van der Waals surface area contributed by atoms with Gasteiger partial charge in [-0.05, 0) is 31.2 Å². The Morgan fingerprint density at radius 1 is 1.14 bits per heavy atom. The van der Waals surface area contributed by atoms with Gasteiger partial charge in [-0.25, -0.2) is 4.68 Å². The quantitative estimate of drug-likeness (QED) is 0.694. The summed E-state index contributed by atoms with van der Waals surface area (Å²) >= 11 is 0. The second-order valence-electron chi connectivity index (χ2n) is 6.52. The van der Waals surface area contributed by atoms with Crippen molar-refractivity contribution >= 4 is 17.5 Å². The second-order valence-corrected chi connectivity index (χ2v) is 6.52. The smallest absolute Gasteiger partial charge is 0.255 e. The molecule has 1 unspecified atom stereocenters. The van der Waals surface area contributed by atoms with Gasteiger partial charge in [-0.3, -0.25) is 4.79 Å². The van der Waals surface area contributed by atoms with Gasteiger partial charge < -0.3 is 20.1 Å². The number of nitrogens with zero attached hydrogens (tertiary/aromatic N) is 3. The molecule has 0 fully saturated rings. The number of ether oxygens (including phenoxy) is 2. The van der Waals surface area contributed by atoms with Gasteiger partial charge in [0.2, 0.25) is 5.95 Å². The van der Waals surface area contributed by atoms with Gasteiger partial charge in [-0.1, -0.05) is 18.2 Å². The molecule has 0 saturated heterocycles. The Bertz CT molecular complexity index is 1070. The summed E-state index contributed by atoms with van der Waals surface area (Å²) in [5.74, 6) is 1.58. The minimum atomic E-state index is -0.515. The van der Waals surface area contributed by atoms with Gasteiger partial charge in [0.15, 0.2) is 0 Å². The van der Waals surface area contributed by atoms with Gasteiger partial charge in [-0.2, -0.15) is 10.1 Å². The van der Waals surface area contributed by atoms with Crippen LogP contribution in [0.15, 0.2) is 66.1 Å². The molecular formula is C21H21N5O3. The topological polar surface area (TPSA) is 90.3 Å². The van der Waals surface area contributed by atoms with Crippen molar-refractivity contribution in [2.24, 2.45) is 0 Å². The Kier molecular flexibility index (Phi) is 4.90. The first-order valence-electron chi connectivity index (χ1n) is 9.08. The molecule has 2 N–H and O–H groups in total. The van der Waals surface area contributed by atoms with Crippen molar-refractivity contribution in [3.8, 4) is 11.5 Å². The van der Waals surface area contributed by atoms with Crippen molar-refractivity contribution in [2.45, 2.75) is 13.0 Å². The maximum atomic E-state index is 13.3. The molecule has 0 spiro atoms. The zero-order chi connectivity index (χ0) is 20.4. The van der Waals surface area contributed by atoms with Gasteiger partial charge in [0.1, 0.15) is 23.9 Å². The summed E-state index contributed by atoms with van der Waals surface area (Å²) in [4.78, 5) is 17.5. The molecule has 1 aliphatic rings. The third kappa shape index (κ3) is 3.40. The molecule has 148 valence electrons. The Morgan fingerprint density at radius 2 is 1.93 bits per heavy atom. The van der Waals surface area contributed by atoms with Crippen molar-refractivity contribution in [3.63, 3.8) is 0 Å². The van der Waals surface area contributed by atoms with Gasteiger partial charge in [0, 0.05) is 23.0 Å². The van der Waals surface area contributed by atoms with E-state index >= 15 is 0 Å². The van der Waals surface area contributed by atoms with E-state index in [-0.39, 0.29) is 5.91 Å². The van der Waals surface area contributed by atoms with Crippen LogP contribution in [-0.4, -0.2) is 34.9 Å². The van der Waals surface area contributed by atoms with E-state index in [9.17, 15) is 4.79 Å². The summed E-state index contributed by atoms with van der Waals surface area (Å²) in [6.45, 7) is 1.85. The number of amides is 1. The average molecular weight is 391 g/mol. The van der Waals surface area contributed by atoms with Crippen LogP contribution in [0.4, 0.5) is 11.6 Å². The number of rotatable bonds is 5. The van der Waals surface area contributed by atoms with Crippen molar-refractivity contribution in [3.05, 3.63) is 71.7 Å². The fourth-order valence-corrected chi connectivity index (χ4v) is 3.44. The SMILES string of the molecule is COc1ccc(C2C(C(=O)Nc3ccccc3)=C(C)Nc3ncnn32)c(OC)c1. The minimum absolute atomic E-state index is 0.231. The van der Waals surface area contributed by atoms with Crippen molar-refractivity contribution < 1.29 is 14.3 Å². The van der Waals surface area contributed by atoms with Crippen LogP contribution in [0.1, 0.15) is 18.5 Å². The molecule has 1 aromatic heterocycles. The third-order valence-electron chi connectivity index (χ3n) is 4.81. The number of carbonyl (C=O) groups is 1. The van der Waals surface area contributed by atoms with Gasteiger partial charge in [-0.15, -0.1) is 0 Å². The van der Waals surface area contributed by atoms with Gasteiger partial charge in [0.25, 0.3) is 5.91 Å². The predicted molar refractivity (Wildman–Crippen MR) is 109 cm³/mol. The normalized spacial score (nSPS) is 15.3. The Morgan fingerprint density at radius 3 is 2.66 bits per heavy atom. The van der Waals surface area contributed by atoms with Crippen molar-refractivity contribution in [1.29, 1.82) is 0 Å². The summed E-state index contributed by atoms with van der Waals surface area (Å²) < 4.78 is 12.6. The average Bonchev–Trinajstić information content (AvgIpc) is 3.21. The molecular weight excluding hydrogens is 370 g/mol. The van der Waals surface area contributed by atoms with Crippen LogP contribution >= 0.6 is 0 Å². The number of anilines is 2. The molecule has 1 amide bonds. The number of aromatic nitrogens is 3. The summed E-state index contributed by atoms with van der Waals surface area (Å²) in [5, 5.41) is 10.5. The summed E-state index contributed by atoms with van der Waals surface area (Å²) in [7, 11) is 3.18. The minimum Gasteiger partial charge on any atom is -0.497 e. The number of fused-ring (bicyclic) bond motifs is 1. The number of para-hydroxylation sites is 1. The van der Waals surface area contributed by atoms with E-state index in [0.717, 1.165) is 5.56 Å². The van der Waals surface area contributed by atoms with Crippen molar-refractivity contribution in [2.75, 3.05) is 24.9 Å². The van der Waals surface area contributed by atoms with E-state index in [0.29, 0.717) is 34.4 Å². The molecule has 8 nitrogen and oxygen atoms in total. The lowest BCUT2D eigenvalue weighted by molar-refractivity contribution is -0.113. The molecule has 0 radical (unpaired) electrons. The Hall–Kier alpha value is -3.81. The van der Waals surface area contributed by atoms with Crippen molar-refractivity contribution in [1.82, 2.24) is 14.8 Å². The van der Waals surface area contributed by atoms with Crippen LogP contribution in [0.3, 0.4) is 0 Å². The summed E-state index contributed by atoms with van der Waals surface area (Å²) in [5.41, 5.74) is 2.71. The Balaban J connectivity index is 1.82. The van der Waals surface area contributed by atoms with Gasteiger partial charge in [0.05, 0.1) is 19.8 Å². The molecule has 0 bridgehead atoms. The van der Waals surface area contributed by atoms with Crippen LogP contribution in [0.5, 0.6) is 11.5 Å².